The Morgan fingerprint density at radius 2 is 2.13 bits per heavy atom. The molecule has 0 heterocycles. The second kappa shape index (κ2) is 6.75. The normalized spacial score (nSPS) is 12.5. The minimum absolute atomic E-state index is 0.589. The molecule has 0 bridgehead atoms. The van der Waals surface area contributed by atoms with Gasteiger partial charge >= 0.3 is 0 Å². The van der Waals surface area contributed by atoms with E-state index < -0.39 is 0 Å². The SMILES string of the molecule is CCC(CCN)Sc1ccccc1OC. The highest BCUT2D eigenvalue weighted by atomic mass is 32.2. The Balaban J connectivity index is 2.69. The summed E-state index contributed by atoms with van der Waals surface area (Å²) in [6.07, 6.45) is 2.19. The molecule has 1 rings (SSSR count). The lowest BCUT2D eigenvalue weighted by Gasteiger charge is -2.15. The number of nitrogens with two attached hydrogens (primary N) is 1. The van der Waals surface area contributed by atoms with Crippen LogP contribution < -0.4 is 10.5 Å². The summed E-state index contributed by atoms with van der Waals surface area (Å²) in [5, 5.41) is 0.589. The Kier molecular flexibility index (Phi) is 5.58. The van der Waals surface area contributed by atoms with Crippen LogP contribution in [0.4, 0.5) is 0 Å². The Morgan fingerprint density at radius 1 is 1.40 bits per heavy atom. The van der Waals surface area contributed by atoms with Crippen LogP contribution in [0, 0.1) is 0 Å². The maximum absolute atomic E-state index is 5.58. The van der Waals surface area contributed by atoms with Gasteiger partial charge in [0.25, 0.3) is 0 Å². The Morgan fingerprint density at radius 3 is 2.73 bits per heavy atom. The van der Waals surface area contributed by atoms with E-state index in [1.54, 1.807) is 7.11 Å². The van der Waals surface area contributed by atoms with Crippen LogP contribution in [0.1, 0.15) is 19.8 Å². The van der Waals surface area contributed by atoms with Gasteiger partial charge in [-0.25, -0.2) is 0 Å². The molecule has 1 unspecified atom stereocenters. The van der Waals surface area contributed by atoms with Gasteiger partial charge in [-0.05, 0) is 31.5 Å². The van der Waals surface area contributed by atoms with Crippen molar-refractivity contribution in [3.05, 3.63) is 24.3 Å². The van der Waals surface area contributed by atoms with Crippen LogP contribution in [-0.4, -0.2) is 18.9 Å². The topological polar surface area (TPSA) is 35.2 Å². The van der Waals surface area contributed by atoms with Crippen molar-refractivity contribution in [3.8, 4) is 5.75 Å². The fraction of sp³-hybridized carbons (Fsp3) is 0.500. The first-order valence-electron chi connectivity index (χ1n) is 5.31. The molecule has 0 aliphatic carbocycles. The van der Waals surface area contributed by atoms with E-state index in [1.165, 1.54) is 4.90 Å². The van der Waals surface area contributed by atoms with Crippen molar-refractivity contribution in [2.24, 2.45) is 5.73 Å². The molecule has 0 aliphatic rings. The van der Waals surface area contributed by atoms with Crippen molar-refractivity contribution in [1.29, 1.82) is 0 Å². The lowest BCUT2D eigenvalue weighted by atomic mass is 10.2. The summed E-state index contributed by atoms with van der Waals surface area (Å²) in [4.78, 5) is 1.21. The summed E-state index contributed by atoms with van der Waals surface area (Å²) in [7, 11) is 1.71. The number of ether oxygens (including phenoxy) is 1. The van der Waals surface area contributed by atoms with Gasteiger partial charge in [-0.15, -0.1) is 11.8 Å². The number of methoxy groups -OCH3 is 1. The van der Waals surface area contributed by atoms with Crippen LogP contribution in [-0.2, 0) is 0 Å². The number of hydrogen-bond acceptors (Lipinski definition) is 3. The first-order chi connectivity index (χ1) is 7.31. The number of benzene rings is 1. The quantitative estimate of drug-likeness (QED) is 0.756. The third kappa shape index (κ3) is 3.76. The first-order valence-corrected chi connectivity index (χ1v) is 6.19. The van der Waals surface area contributed by atoms with E-state index in [4.69, 9.17) is 10.5 Å². The molecule has 0 aliphatic heterocycles. The van der Waals surface area contributed by atoms with Gasteiger partial charge in [-0.3, -0.25) is 0 Å². The monoisotopic (exact) mass is 225 g/mol. The molecule has 1 aromatic carbocycles. The molecule has 84 valence electrons. The molecule has 3 heteroatoms. The molecule has 0 aromatic heterocycles. The molecule has 1 atom stereocenters. The Bertz CT molecular complexity index is 291. The highest BCUT2D eigenvalue weighted by Gasteiger charge is 2.10. The van der Waals surface area contributed by atoms with Gasteiger partial charge in [-0.2, -0.15) is 0 Å². The van der Waals surface area contributed by atoms with E-state index in [0.29, 0.717) is 5.25 Å². The highest BCUT2D eigenvalue weighted by molar-refractivity contribution is 8.00. The van der Waals surface area contributed by atoms with Gasteiger partial charge in [0.15, 0.2) is 0 Å². The maximum atomic E-state index is 5.58. The van der Waals surface area contributed by atoms with Crippen molar-refractivity contribution in [2.45, 2.75) is 29.9 Å². The van der Waals surface area contributed by atoms with Crippen molar-refractivity contribution in [1.82, 2.24) is 0 Å². The molecule has 0 radical (unpaired) electrons. The number of rotatable bonds is 6. The first kappa shape index (κ1) is 12.4. The third-order valence-corrected chi connectivity index (χ3v) is 3.80. The number of para-hydroxylation sites is 1. The van der Waals surface area contributed by atoms with Crippen molar-refractivity contribution >= 4 is 11.8 Å². The van der Waals surface area contributed by atoms with Crippen LogP contribution >= 0.6 is 11.8 Å². The molecule has 2 nitrogen and oxygen atoms in total. The van der Waals surface area contributed by atoms with Gasteiger partial charge in [0.2, 0.25) is 0 Å². The molecule has 0 fully saturated rings. The van der Waals surface area contributed by atoms with Crippen LogP contribution in [0.5, 0.6) is 5.75 Å². The standard InChI is InChI=1S/C12H19NOS/c1-3-10(8-9-13)15-12-7-5-4-6-11(12)14-2/h4-7,10H,3,8-9,13H2,1-2H3. The molecule has 0 saturated heterocycles. The van der Waals surface area contributed by atoms with E-state index in [0.717, 1.165) is 25.1 Å². The summed E-state index contributed by atoms with van der Waals surface area (Å²) in [6, 6.07) is 8.13. The van der Waals surface area contributed by atoms with E-state index in [2.05, 4.69) is 13.0 Å². The van der Waals surface area contributed by atoms with Crippen LogP contribution in [0.3, 0.4) is 0 Å². The van der Waals surface area contributed by atoms with Crippen molar-refractivity contribution in [2.75, 3.05) is 13.7 Å². The van der Waals surface area contributed by atoms with Gasteiger partial charge in [0.1, 0.15) is 5.75 Å². The minimum Gasteiger partial charge on any atom is -0.496 e. The van der Waals surface area contributed by atoms with E-state index in [9.17, 15) is 0 Å². The molecule has 0 spiro atoms. The van der Waals surface area contributed by atoms with Crippen LogP contribution in [0.25, 0.3) is 0 Å². The average molecular weight is 225 g/mol. The summed E-state index contributed by atoms with van der Waals surface area (Å²) in [6.45, 7) is 2.95. The van der Waals surface area contributed by atoms with Crippen LogP contribution in [0.15, 0.2) is 29.2 Å². The molecule has 2 N–H and O–H groups in total. The zero-order valence-electron chi connectivity index (χ0n) is 9.40. The molecule has 15 heavy (non-hydrogen) atoms. The summed E-state index contributed by atoms with van der Waals surface area (Å²) in [5.41, 5.74) is 5.58. The molecule has 1 aromatic rings. The largest absolute Gasteiger partial charge is 0.496 e. The Labute approximate surface area is 96.2 Å². The fourth-order valence-electron chi connectivity index (χ4n) is 1.43. The molecule has 0 saturated carbocycles. The van der Waals surface area contributed by atoms with Gasteiger partial charge in [-0.1, -0.05) is 19.1 Å². The molecular formula is C12H19NOS. The second-order valence-corrected chi connectivity index (χ2v) is 4.72. The van der Waals surface area contributed by atoms with Crippen molar-refractivity contribution in [3.63, 3.8) is 0 Å². The number of thioether (sulfide) groups is 1. The summed E-state index contributed by atoms with van der Waals surface area (Å²) in [5.74, 6) is 0.956. The zero-order valence-corrected chi connectivity index (χ0v) is 10.2. The predicted molar refractivity (Wildman–Crippen MR) is 66.6 cm³/mol. The lowest BCUT2D eigenvalue weighted by Crippen LogP contribution is -2.09. The molecule has 0 amide bonds. The second-order valence-electron chi connectivity index (χ2n) is 3.38. The van der Waals surface area contributed by atoms with E-state index in [1.807, 2.05) is 30.0 Å². The maximum Gasteiger partial charge on any atom is 0.132 e. The average Bonchev–Trinajstić information content (AvgIpc) is 2.29. The van der Waals surface area contributed by atoms with Gasteiger partial charge in [0.05, 0.1) is 7.11 Å². The van der Waals surface area contributed by atoms with Gasteiger partial charge in [0, 0.05) is 10.1 Å². The minimum atomic E-state index is 0.589. The summed E-state index contributed by atoms with van der Waals surface area (Å²) < 4.78 is 5.32. The lowest BCUT2D eigenvalue weighted by molar-refractivity contribution is 0.404. The highest BCUT2D eigenvalue weighted by Crippen LogP contribution is 2.34. The Hall–Kier alpha value is -0.670. The predicted octanol–water partition coefficient (Wildman–Crippen LogP) is 2.91. The van der Waals surface area contributed by atoms with Crippen molar-refractivity contribution < 1.29 is 4.74 Å². The smallest absolute Gasteiger partial charge is 0.132 e. The molecular weight excluding hydrogens is 206 g/mol. The van der Waals surface area contributed by atoms with E-state index in [-0.39, 0.29) is 0 Å². The van der Waals surface area contributed by atoms with E-state index >= 15 is 0 Å². The van der Waals surface area contributed by atoms with Gasteiger partial charge < -0.3 is 10.5 Å². The third-order valence-electron chi connectivity index (χ3n) is 2.31. The zero-order chi connectivity index (χ0) is 11.1. The fourth-order valence-corrected chi connectivity index (χ4v) is 2.63. The van der Waals surface area contributed by atoms with Crippen LogP contribution in [0.2, 0.25) is 0 Å². The summed E-state index contributed by atoms with van der Waals surface area (Å²) >= 11 is 1.86. The number of hydrogen-bond donors (Lipinski definition) is 1.